The van der Waals surface area contributed by atoms with Gasteiger partial charge in [0, 0.05) is 18.2 Å². The Morgan fingerprint density at radius 1 is 1.40 bits per heavy atom. The summed E-state index contributed by atoms with van der Waals surface area (Å²) in [5.74, 6) is 0.438. The molecule has 20 heavy (non-hydrogen) atoms. The molecule has 0 aliphatic carbocycles. The number of hydrogen-bond donors (Lipinski definition) is 2. The summed E-state index contributed by atoms with van der Waals surface area (Å²) >= 11 is 1.56. The Labute approximate surface area is 122 Å². The minimum Gasteiger partial charge on any atom is -0.495 e. The van der Waals surface area contributed by atoms with Crippen molar-refractivity contribution in [3.8, 4) is 11.5 Å². The molecule has 1 aromatic rings. The maximum Gasteiger partial charge on any atom is 0.307 e. The van der Waals surface area contributed by atoms with Crippen LogP contribution in [-0.2, 0) is 4.79 Å². The zero-order valence-electron chi connectivity index (χ0n) is 11.8. The van der Waals surface area contributed by atoms with Crippen molar-refractivity contribution < 1.29 is 19.4 Å². The summed E-state index contributed by atoms with van der Waals surface area (Å²) in [4.78, 5) is 12.0. The van der Waals surface area contributed by atoms with Gasteiger partial charge in [0.05, 0.1) is 25.0 Å². The molecule has 1 heterocycles. The van der Waals surface area contributed by atoms with Crippen LogP contribution in [-0.4, -0.2) is 38.1 Å². The molecule has 0 aromatic heterocycles. The molecule has 2 atom stereocenters. The van der Waals surface area contributed by atoms with Crippen molar-refractivity contribution in [3.63, 3.8) is 0 Å². The summed E-state index contributed by atoms with van der Waals surface area (Å²) in [6.07, 6.45) is 2.54. The van der Waals surface area contributed by atoms with Gasteiger partial charge < -0.3 is 19.9 Å². The third-order valence-corrected chi connectivity index (χ3v) is 4.38. The van der Waals surface area contributed by atoms with E-state index < -0.39 is 5.97 Å². The number of carboxylic acid groups (broad SMARTS) is 1. The molecule has 0 radical (unpaired) electrons. The predicted molar refractivity (Wildman–Crippen MR) is 77.8 cm³/mol. The Morgan fingerprint density at radius 2 is 2.15 bits per heavy atom. The molecule has 0 spiro atoms. The Balaban J connectivity index is 2.35. The Kier molecular flexibility index (Phi) is 4.77. The molecule has 1 aliphatic rings. The third kappa shape index (κ3) is 2.71. The van der Waals surface area contributed by atoms with Crippen molar-refractivity contribution in [1.82, 2.24) is 5.32 Å². The summed E-state index contributed by atoms with van der Waals surface area (Å²) in [5, 5.41) is 12.3. The number of carbonyl (C=O) groups is 1. The standard InChI is InChI=1S/C14H19NO4S/c1-18-11-5-4-9(12(19-2)13(11)20-3)10-6-8(7-15-10)14(16)17/h4-5,8,10,15H,6-7H2,1-3H3,(H,16,17). The fourth-order valence-electron chi connectivity index (χ4n) is 2.56. The van der Waals surface area contributed by atoms with Gasteiger partial charge in [0.15, 0.2) is 0 Å². The number of thioether (sulfide) groups is 1. The lowest BCUT2D eigenvalue weighted by molar-refractivity contribution is -0.141. The molecule has 5 nitrogen and oxygen atoms in total. The lowest BCUT2D eigenvalue weighted by Gasteiger charge is -2.19. The number of nitrogens with one attached hydrogen (secondary N) is 1. The zero-order valence-corrected chi connectivity index (χ0v) is 12.6. The van der Waals surface area contributed by atoms with E-state index in [1.165, 1.54) is 0 Å². The number of carboxylic acids is 1. The van der Waals surface area contributed by atoms with Crippen LogP contribution in [0.4, 0.5) is 0 Å². The fraction of sp³-hybridized carbons (Fsp3) is 0.500. The summed E-state index contributed by atoms with van der Waals surface area (Å²) < 4.78 is 10.9. The monoisotopic (exact) mass is 297 g/mol. The molecule has 1 aromatic carbocycles. The first-order valence-electron chi connectivity index (χ1n) is 6.37. The second kappa shape index (κ2) is 6.37. The molecule has 1 fully saturated rings. The van der Waals surface area contributed by atoms with Gasteiger partial charge in [-0.2, -0.15) is 0 Å². The van der Waals surface area contributed by atoms with Gasteiger partial charge in [0.2, 0.25) is 0 Å². The molecule has 110 valence electrons. The molecule has 2 N–H and O–H groups in total. The van der Waals surface area contributed by atoms with E-state index in [9.17, 15) is 4.79 Å². The van der Waals surface area contributed by atoms with Gasteiger partial charge in [-0.3, -0.25) is 4.79 Å². The third-order valence-electron chi connectivity index (χ3n) is 3.59. The van der Waals surface area contributed by atoms with Crippen LogP contribution < -0.4 is 14.8 Å². The first-order chi connectivity index (χ1) is 9.62. The second-order valence-electron chi connectivity index (χ2n) is 4.66. The number of methoxy groups -OCH3 is 2. The van der Waals surface area contributed by atoms with Crippen LogP contribution in [0.1, 0.15) is 18.0 Å². The SMILES string of the molecule is COc1ccc(C2CC(C(=O)O)CN2)c(OC)c1SC. The summed E-state index contributed by atoms with van der Waals surface area (Å²) in [5.41, 5.74) is 0.987. The molecular formula is C14H19NO4S. The largest absolute Gasteiger partial charge is 0.495 e. The lowest BCUT2D eigenvalue weighted by atomic mass is 9.99. The average Bonchev–Trinajstić information content (AvgIpc) is 2.95. The maximum absolute atomic E-state index is 11.1. The summed E-state index contributed by atoms with van der Waals surface area (Å²) in [6.45, 7) is 0.490. The van der Waals surface area contributed by atoms with Crippen molar-refractivity contribution in [1.29, 1.82) is 0 Å². The zero-order chi connectivity index (χ0) is 14.7. The van der Waals surface area contributed by atoms with Crippen molar-refractivity contribution in [3.05, 3.63) is 17.7 Å². The van der Waals surface area contributed by atoms with Crippen LogP contribution >= 0.6 is 11.8 Å². The van der Waals surface area contributed by atoms with E-state index >= 15 is 0 Å². The molecular weight excluding hydrogens is 278 g/mol. The molecule has 2 unspecified atom stereocenters. The van der Waals surface area contributed by atoms with Crippen LogP contribution in [0.15, 0.2) is 17.0 Å². The molecule has 6 heteroatoms. The van der Waals surface area contributed by atoms with Gasteiger partial charge >= 0.3 is 5.97 Å². The smallest absolute Gasteiger partial charge is 0.307 e. The number of benzene rings is 1. The fourth-order valence-corrected chi connectivity index (χ4v) is 3.30. The van der Waals surface area contributed by atoms with Crippen molar-refractivity contribution in [2.45, 2.75) is 17.4 Å². The highest BCUT2D eigenvalue weighted by Gasteiger charge is 2.32. The average molecular weight is 297 g/mol. The summed E-state index contributed by atoms with van der Waals surface area (Å²) in [6, 6.07) is 3.85. The molecule has 0 bridgehead atoms. The van der Waals surface area contributed by atoms with Crippen LogP contribution in [0.25, 0.3) is 0 Å². The maximum atomic E-state index is 11.1. The lowest BCUT2D eigenvalue weighted by Crippen LogP contribution is -2.17. The second-order valence-corrected chi connectivity index (χ2v) is 5.47. The van der Waals surface area contributed by atoms with Gasteiger partial charge in [0.1, 0.15) is 11.5 Å². The first kappa shape index (κ1) is 15.0. The van der Waals surface area contributed by atoms with Gasteiger partial charge in [-0.15, -0.1) is 11.8 Å². The highest BCUT2D eigenvalue weighted by Crippen LogP contribution is 2.43. The number of rotatable bonds is 5. The Bertz CT molecular complexity index is 506. The molecule has 0 saturated carbocycles. The van der Waals surface area contributed by atoms with E-state index in [1.54, 1.807) is 26.0 Å². The van der Waals surface area contributed by atoms with E-state index in [4.69, 9.17) is 14.6 Å². The van der Waals surface area contributed by atoms with Crippen LogP contribution in [0.3, 0.4) is 0 Å². The quantitative estimate of drug-likeness (QED) is 0.812. The van der Waals surface area contributed by atoms with Gasteiger partial charge in [-0.05, 0) is 24.8 Å². The van der Waals surface area contributed by atoms with Gasteiger partial charge in [-0.1, -0.05) is 0 Å². The molecule has 0 amide bonds. The topological polar surface area (TPSA) is 67.8 Å². The first-order valence-corrected chi connectivity index (χ1v) is 7.59. The Morgan fingerprint density at radius 3 is 2.65 bits per heavy atom. The summed E-state index contributed by atoms with van der Waals surface area (Å²) in [7, 11) is 3.25. The van der Waals surface area contributed by atoms with E-state index in [-0.39, 0.29) is 12.0 Å². The normalized spacial score (nSPS) is 21.8. The van der Waals surface area contributed by atoms with E-state index in [2.05, 4.69) is 5.32 Å². The van der Waals surface area contributed by atoms with Gasteiger partial charge in [0.25, 0.3) is 0 Å². The number of aliphatic carboxylic acids is 1. The van der Waals surface area contributed by atoms with Gasteiger partial charge in [-0.25, -0.2) is 0 Å². The highest BCUT2D eigenvalue weighted by atomic mass is 32.2. The van der Waals surface area contributed by atoms with E-state index in [0.717, 1.165) is 22.0 Å². The van der Waals surface area contributed by atoms with Crippen LogP contribution in [0.2, 0.25) is 0 Å². The van der Waals surface area contributed by atoms with Crippen molar-refractivity contribution in [2.24, 2.45) is 5.92 Å². The minimum absolute atomic E-state index is 0.00264. The molecule has 1 saturated heterocycles. The number of hydrogen-bond acceptors (Lipinski definition) is 5. The number of ether oxygens (including phenoxy) is 2. The highest BCUT2D eigenvalue weighted by molar-refractivity contribution is 7.98. The molecule has 2 rings (SSSR count). The predicted octanol–water partition coefficient (Wildman–Crippen LogP) is 2.16. The van der Waals surface area contributed by atoms with Crippen LogP contribution in [0.5, 0.6) is 11.5 Å². The Hall–Kier alpha value is -1.40. The molecule has 1 aliphatic heterocycles. The minimum atomic E-state index is -0.752. The van der Waals surface area contributed by atoms with E-state index in [1.807, 2.05) is 18.4 Å². The van der Waals surface area contributed by atoms with Crippen molar-refractivity contribution in [2.75, 3.05) is 27.0 Å². The van der Waals surface area contributed by atoms with Crippen molar-refractivity contribution >= 4 is 17.7 Å². The van der Waals surface area contributed by atoms with Crippen LogP contribution in [0, 0.1) is 5.92 Å². The van der Waals surface area contributed by atoms with E-state index in [0.29, 0.717) is 13.0 Å².